The van der Waals surface area contributed by atoms with E-state index in [0.29, 0.717) is 12.2 Å². The molecule has 112 valence electrons. The topological polar surface area (TPSA) is 49.8 Å². The van der Waals surface area contributed by atoms with Crippen LogP contribution in [-0.2, 0) is 0 Å². The molecule has 1 saturated heterocycles. The lowest BCUT2D eigenvalue weighted by Gasteiger charge is -2.26. The van der Waals surface area contributed by atoms with Gasteiger partial charge in [-0.2, -0.15) is 0 Å². The van der Waals surface area contributed by atoms with Crippen LogP contribution in [0, 0.1) is 6.92 Å². The molecular formula is C15H22ClNO3. The number of likely N-dealkylation sites (tertiary alicyclic amines) is 1. The van der Waals surface area contributed by atoms with Crippen LogP contribution in [0.1, 0.15) is 35.2 Å². The fourth-order valence-corrected chi connectivity index (χ4v) is 2.44. The van der Waals surface area contributed by atoms with E-state index in [0.717, 1.165) is 17.9 Å². The second-order valence-electron chi connectivity index (χ2n) is 5.03. The van der Waals surface area contributed by atoms with Crippen molar-refractivity contribution in [3.63, 3.8) is 0 Å². The Balaban J connectivity index is 0.00000200. The molecule has 1 heterocycles. The Labute approximate surface area is 126 Å². The van der Waals surface area contributed by atoms with Gasteiger partial charge < -0.3 is 9.84 Å². The minimum atomic E-state index is -0.891. The monoisotopic (exact) mass is 299 g/mol. The molecule has 20 heavy (non-hydrogen) atoms. The van der Waals surface area contributed by atoms with Crippen LogP contribution in [0.5, 0.6) is 5.75 Å². The highest BCUT2D eigenvalue weighted by atomic mass is 35.5. The van der Waals surface area contributed by atoms with Gasteiger partial charge in [0.15, 0.2) is 0 Å². The summed E-state index contributed by atoms with van der Waals surface area (Å²) in [5, 5.41) is 8.96. The van der Waals surface area contributed by atoms with Gasteiger partial charge in [0.25, 0.3) is 0 Å². The maximum Gasteiger partial charge on any atom is 0.335 e. The molecule has 5 heteroatoms. The highest BCUT2D eigenvalue weighted by molar-refractivity contribution is 5.89. The number of rotatable bonds is 5. The van der Waals surface area contributed by atoms with E-state index in [4.69, 9.17) is 9.84 Å². The first-order valence-corrected chi connectivity index (χ1v) is 6.86. The summed E-state index contributed by atoms with van der Waals surface area (Å²) in [5.74, 6) is -0.142. The minimum absolute atomic E-state index is 0. The van der Waals surface area contributed by atoms with Crippen LogP contribution in [0.25, 0.3) is 0 Å². The van der Waals surface area contributed by atoms with Crippen molar-refractivity contribution in [1.29, 1.82) is 0 Å². The molecule has 0 amide bonds. The van der Waals surface area contributed by atoms with E-state index in [-0.39, 0.29) is 12.4 Å². The molecule has 0 bridgehead atoms. The van der Waals surface area contributed by atoms with Gasteiger partial charge >= 0.3 is 5.97 Å². The summed E-state index contributed by atoms with van der Waals surface area (Å²) < 4.78 is 5.69. The van der Waals surface area contributed by atoms with Crippen LogP contribution in [0.2, 0.25) is 0 Å². The van der Waals surface area contributed by atoms with E-state index >= 15 is 0 Å². The number of carboxylic acid groups (broad SMARTS) is 1. The van der Waals surface area contributed by atoms with Gasteiger partial charge in [-0.05, 0) is 56.6 Å². The summed E-state index contributed by atoms with van der Waals surface area (Å²) >= 11 is 0. The summed E-state index contributed by atoms with van der Waals surface area (Å²) in [6, 6.07) is 5.13. The van der Waals surface area contributed by atoms with Gasteiger partial charge in [-0.3, -0.25) is 4.90 Å². The molecule has 0 saturated carbocycles. The van der Waals surface area contributed by atoms with E-state index < -0.39 is 5.97 Å². The first-order chi connectivity index (χ1) is 9.16. The number of ether oxygens (including phenoxy) is 1. The van der Waals surface area contributed by atoms with Crippen LogP contribution in [0.3, 0.4) is 0 Å². The van der Waals surface area contributed by atoms with Gasteiger partial charge in [0.05, 0.1) is 5.56 Å². The number of carbonyl (C=O) groups is 1. The molecule has 0 aliphatic carbocycles. The predicted molar refractivity (Wildman–Crippen MR) is 81.2 cm³/mol. The minimum Gasteiger partial charge on any atom is -0.492 e. The lowest BCUT2D eigenvalue weighted by atomic mass is 10.1. The zero-order chi connectivity index (χ0) is 13.7. The first kappa shape index (κ1) is 16.8. The van der Waals surface area contributed by atoms with Gasteiger partial charge in [-0.15, -0.1) is 12.4 Å². The number of benzene rings is 1. The zero-order valence-corrected chi connectivity index (χ0v) is 12.6. The van der Waals surface area contributed by atoms with Crippen molar-refractivity contribution >= 4 is 18.4 Å². The van der Waals surface area contributed by atoms with E-state index in [1.54, 1.807) is 25.1 Å². The Hall–Kier alpha value is -1.26. The second-order valence-corrected chi connectivity index (χ2v) is 5.03. The Kier molecular flexibility index (Phi) is 6.82. The highest BCUT2D eigenvalue weighted by Crippen LogP contribution is 2.17. The van der Waals surface area contributed by atoms with E-state index in [1.165, 1.54) is 32.4 Å². The number of halogens is 1. The van der Waals surface area contributed by atoms with Crippen LogP contribution in [-0.4, -0.2) is 42.2 Å². The molecule has 1 aliphatic rings. The lowest BCUT2D eigenvalue weighted by Crippen LogP contribution is -2.33. The highest BCUT2D eigenvalue weighted by Gasteiger charge is 2.10. The molecule has 1 aromatic rings. The maximum atomic E-state index is 10.9. The number of hydrogen-bond acceptors (Lipinski definition) is 3. The third-order valence-corrected chi connectivity index (χ3v) is 3.55. The SMILES string of the molecule is Cc1cc(OCCN2CCCCC2)ccc1C(=O)O.Cl. The average Bonchev–Trinajstić information content (AvgIpc) is 2.39. The van der Waals surface area contributed by atoms with Crippen molar-refractivity contribution in [2.75, 3.05) is 26.2 Å². The lowest BCUT2D eigenvalue weighted by molar-refractivity contribution is 0.0696. The molecular weight excluding hydrogens is 278 g/mol. The Morgan fingerprint density at radius 3 is 2.60 bits per heavy atom. The Morgan fingerprint density at radius 2 is 2.00 bits per heavy atom. The molecule has 0 aromatic heterocycles. The predicted octanol–water partition coefficient (Wildman–Crippen LogP) is 2.98. The number of nitrogens with zero attached hydrogens (tertiary/aromatic N) is 1. The second kappa shape index (κ2) is 8.12. The molecule has 1 aromatic carbocycles. The molecule has 1 fully saturated rings. The summed E-state index contributed by atoms with van der Waals surface area (Å²) in [4.78, 5) is 13.3. The maximum absolute atomic E-state index is 10.9. The summed E-state index contributed by atoms with van der Waals surface area (Å²) in [7, 11) is 0. The molecule has 4 nitrogen and oxygen atoms in total. The first-order valence-electron chi connectivity index (χ1n) is 6.86. The quantitative estimate of drug-likeness (QED) is 0.908. The Bertz CT molecular complexity index is 445. The normalized spacial score (nSPS) is 15.4. The summed E-state index contributed by atoms with van der Waals surface area (Å²) in [5.41, 5.74) is 1.08. The molecule has 0 radical (unpaired) electrons. The van der Waals surface area contributed by atoms with Crippen molar-refractivity contribution in [2.45, 2.75) is 26.2 Å². The van der Waals surface area contributed by atoms with Gasteiger partial charge in [-0.1, -0.05) is 6.42 Å². The van der Waals surface area contributed by atoms with Gasteiger partial charge in [0.1, 0.15) is 12.4 Å². The average molecular weight is 300 g/mol. The fraction of sp³-hybridized carbons (Fsp3) is 0.533. The number of aryl methyl sites for hydroxylation is 1. The molecule has 0 unspecified atom stereocenters. The third-order valence-electron chi connectivity index (χ3n) is 3.55. The standard InChI is InChI=1S/C15H21NO3.ClH/c1-12-11-13(5-6-14(12)15(17)18)19-10-9-16-7-3-2-4-8-16;/h5-6,11H,2-4,7-10H2,1H3,(H,17,18);1H. The number of carboxylic acids is 1. The smallest absolute Gasteiger partial charge is 0.335 e. The van der Waals surface area contributed by atoms with Crippen molar-refractivity contribution in [2.24, 2.45) is 0 Å². The zero-order valence-electron chi connectivity index (χ0n) is 11.8. The summed E-state index contributed by atoms with van der Waals surface area (Å²) in [6.45, 7) is 5.73. The number of aromatic carboxylic acids is 1. The van der Waals surface area contributed by atoms with Crippen LogP contribution >= 0.6 is 12.4 Å². The van der Waals surface area contributed by atoms with E-state index in [9.17, 15) is 4.79 Å². The van der Waals surface area contributed by atoms with Crippen molar-refractivity contribution in [3.05, 3.63) is 29.3 Å². The van der Waals surface area contributed by atoms with Gasteiger partial charge in [0, 0.05) is 6.54 Å². The largest absolute Gasteiger partial charge is 0.492 e. The van der Waals surface area contributed by atoms with Crippen LogP contribution in [0.15, 0.2) is 18.2 Å². The van der Waals surface area contributed by atoms with Gasteiger partial charge in [-0.25, -0.2) is 4.79 Å². The van der Waals surface area contributed by atoms with E-state index in [2.05, 4.69) is 4.90 Å². The fourth-order valence-electron chi connectivity index (χ4n) is 2.44. The van der Waals surface area contributed by atoms with Crippen molar-refractivity contribution < 1.29 is 14.6 Å². The molecule has 1 N–H and O–H groups in total. The third kappa shape index (κ3) is 4.69. The summed E-state index contributed by atoms with van der Waals surface area (Å²) in [6.07, 6.45) is 3.91. The number of piperidine rings is 1. The Morgan fingerprint density at radius 1 is 1.30 bits per heavy atom. The van der Waals surface area contributed by atoms with Crippen LogP contribution < -0.4 is 4.74 Å². The van der Waals surface area contributed by atoms with E-state index in [1.807, 2.05) is 0 Å². The van der Waals surface area contributed by atoms with Crippen LogP contribution in [0.4, 0.5) is 0 Å². The number of hydrogen-bond donors (Lipinski definition) is 1. The molecule has 1 aliphatic heterocycles. The molecule has 0 spiro atoms. The van der Waals surface area contributed by atoms with Crippen molar-refractivity contribution in [1.82, 2.24) is 4.90 Å². The molecule has 2 rings (SSSR count). The van der Waals surface area contributed by atoms with Gasteiger partial charge in [0.2, 0.25) is 0 Å². The van der Waals surface area contributed by atoms with Crippen molar-refractivity contribution in [3.8, 4) is 5.75 Å². The molecule has 0 atom stereocenters.